The van der Waals surface area contributed by atoms with Crippen molar-refractivity contribution in [3.05, 3.63) is 146 Å². The molecule has 406 valence electrons. The van der Waals surface area contributed by atoms with Crippen molar-refractivity contribution in [1.29, 1.82) is 0 Å². The number of likely N-dealkylation sites (tertiary alicyclic amines) is 1. The highest BCUT2D eigenvalue weighted by Gasteiger charge is 2.44. The second-order valence-corrected chi connectivity index (χ2v) is 22.9. The monoisotopic (exact) mass is 1110 g/mol. The van der Waals surface area contributed by atoms with Crippen LogP contribution in [0.2, 0.25) is 5.02 Å². The Balaban J connectivity index is 0.730. The summed E-state index contributed by atoms with van der Waals surface area (Å²) in [6.07, 6.45) is 0.967. The Morgan fingerprint density at radius 2 is 1.65 bits per heavy atom. The number of carbonyl (C=O) groups excluding carboxylic acids is 4. The molecule has 4 amide bonds. The van der Waals surface area contributed by atoms with E-state index in [0.29, 0.717) is 40.0 Å². The van der Waals surface area contributed by atoms with E-state index in [1.807, 2.05) is 66.9 Å². The number of halogens is 2. The van der Waals surface area contributed by atoms with E-state index in [-0.39, 0.29) is 57.4 Å². The molecule has 2 aliphatic heterocycles. The Morgan fingerprint density at radius 1 is 0.910 bits per heavy atom. The highest BCUT2D eigenvalue weighted by molar-refractivity contribution is 7.15. The summed E-state index contributed by atoms with van der Waals surface area (Å²) in [7, 11) is 0. The number of nitrogens with zero attached hydrogens (tertiary/aromatic N) is 7. The Labute approximate surface area is 464 Å². The lowest BCUT2D eigenvalue weighted by Gasteiger charge is -2.35. The first kappa shape index (κ1) is 55.5. The smallest absolute Gasteiger partial charge is 0.246 e. The first-order valence-electron chi connectivity index (χ1n) is 25.5. The van der Waals surface area contributed by atoms with Crippen molar-refractivity contribution in [3.8, 4) is 32.4 Å². The molecule has 0 saturated carbocycles. The summed E-state index contributed by atoms with van der Waals surface area (Å²) in [5, 5.41) is 29.6. The predicted octanol–water partition coefficient (Wildman–Crippen LogP) is 9.06. The third-order valence-electron chi connectivity index (χ3n) is 13.6. The Hall–Kier alpha value is -7.23. The fraction of sp³-hybridized carbons (Fsp3) is 0.351. The van der Waals surface area contributed by atoms with Gasteiger partial charge in [0.15, 0.2) is 17.4 Å². The number of nitrogens with one attached hydrogen (secondary N) is 3. The standard InChI is InChI=1S/C57H60ClFN10O7S2/c1-31-33(3)78-56-49(31)50(36-13-16-39(58)17-14-36)64-44(53-67-66-34(4)69(53)56)25-47(71)63-40-18-19-43(60-27-40)38-15-20-46(42(59)23-38)76-22-8-21-75-29-48(72)65-52(57(5,6)7)55(74)68-28-41(70)24-45(68)54(73)61-26-35-9-11-37(12-10-35)51-32(2)62-30-77-51/h9-20,23,27,30,41,44-45,52,70H,8,21-22,24-26,28-29H2,1-7H3,(H,61,73)(H,63,71)(H,65,72)/t41-,44+,45+,52-/m1/s1. The number of thiazole rings is 1. The van der Waals surface area contributed by atoms with Crippen LogP contribution < -0.4 is 20.7 Å². The van der Waals surface area contributed by atoms with E-state index >= 15 is 4.39 Å². The zero-order chi connectivity index (χ0) is 55.4. The van der Waals surface area contributed by atoms with Crippen LogP contribution >= 0.6 is 34.3 Å². The number of hydrogen-bond acceptors (Lipinski definition) is 14. The lowest BCUT2D eigenvalue weighted by atomic mass is 9.85. The number of thiophene rings is 1. The van der Waals surface area contributed by atoms with Crippen molar-refractivity contribution in [1.82, 2.24) is 40.3 Å². The fourth-order valence-electron chi connectivity index (χ4n) is 9.43. The van der Waals surface area contributed by atoms with E-state index in [1.165, 1.54) is 23.2 Å². The SMILES string of the molecule is Cc1ncsc1-c1ccc(CNC(=O)[C@@H]2C[C@@H](O)CN2C(=O)[C@@H](NC(=O)COCCCOc2ccc(-c3ccc(NC(=O)C[C@@H]4N=C(c5ccc(Cl)cc5)c5c(sc(C)c5C)-n5c(C)nnc54)cn3)cc2F)C(C)(C)C)cc1. The molecule has 0 unspecified atom stereocenters. The van der Waals surface area contributed by atoms with Crippen LogP contribution in [0.15, 0.2) is 95.6 Å². The molecule has 78 heavy (non-hydrogen) atoms. The molecule has 1 fully saturated rings. The van der Waals surface area contributed by atoms with Crippen LogP contribution in [-0.4, -0.2) is 109 Å². The minimum absolute atomic E-state index is 0.0224. The van der Waals surface area contributed by atoms with Gasteiger partial charge in [0, 0.05) is 52.5 Å². The van der Waals surface area contributed by atoms with Crippen molar-refractivity contribution in [2.24, 2.45) is 10.4 Å². The van der Waals surface area contributed by atoms with Crippen molar-refractivity contribution in [2.45, 2.75) is 98.5 Å². The van der Waals surface area contributed by atoms with Crippen LogP contribution in [0.3, 0.4) is 0 Å². The van der Waals surface area contributed by atoms with Gasteiger partial charge < -0.3 is 35.4 Å². The summed E-state index contributed by atoms with van der Waals surface area (Å²) in [5.41, 5.74) is 8.98. The van der Waals surface area contributed by atoms with Crippen molar-refractivity contribution >= 4 is 69.3 Å². The zero-order valence-electron chi connectivity index (χ0n) is 44.2. The summed E-state index contributed by atoms with van der Waals surface area (Å²) in [5.74, 6) is -1.06. The molecule has 21 heteroatoms. The maximum atomic E-state index is 15.4. The molecular weight excluding hydrogens is 1060 g/mol. The fourth-order valence-corrected chi connectivity index (χ4v) is 11.6. The molecule has 4 aromatic heterocycles. The largest absolute Gasteiger partial charge is 0.490 e. The molecular formula is C57H60ClFN10O7S2. The Kier molecular flexibility index (Phi) is 16.9. The molecule has 4 N–H and O–H groups in total. The van der Waals surface area contributed by atoms with Gasteiger partial charge in [-0.2, -0.15) is 0 Å². The van der Waals surface area contributed by atoms with Gasteiger partial charge in [0.1, 0.15) is 35.6 Å². The second kappa shape index (κ2) is 23.8. The van der Waals surface area contributed by atoms with Crippen LogP contribution in [0.25, 0.3) is 26.7 Å². The van der Waals surface area contributed by atoms with Gasteiger partial charge in [0.2, 0.25) is 23.6 Å². The maximum absolute atomic E-state index is 15.4. The van der Waals surface area contributed by atoms with Gasteiger partial charge in [-0.1, -0.05) is 68.8 Å². The van der Waals surface area contributed by atoms with E-state index in [1.54, 1.807) is 67.2 Å². The van der Waals surface area contributed by atoms with E-state index in [2.05, 4.69) is 50.0 Å². The van der Waals surface area contributed by atoms with Crippen LogP contribution in [0.4, 0.5) is 10.1 Å². The van der Waals surface area contributed by atoms with E-state index in [9.17, 15) is 24.3 Å². The number of benzene rings is 3. The number of aliphatic imine (C=N–C) groups is 1. The number of fused-ring (bicyclic) bond motifs is 3. The molecule has 2 aliphatic rings. The topological polar surface area (TPSA) is 215 Å². The molecule has 0 aliphatic carbocycles. The number of aliphatic hydroxyl groups excluding tert-OH is 1. The van der Waals surface area contributed by atoms with Crippen LogP contribution in [0, 0.1) is 38.9 Å². The first-order valence-corrected chi connectivity index (χ1v) is 27.6. The van der Waals surface area contributed by atoms with Crippen LogP contribution in [-0.2, 0) is 30.5 Å². The number of aliphatic hydroxyl groups is 1. The highest BCUT2D eigenvalue weighted by atomic mass is 35.5. The molecule has 1 saturated heterocycles. The number of aryl methyl sites for hydroxylation is 3. The lowest BCUT2D eigenvalue weighted by Crippen LogP contribution is -2.58. The van der Waals surface area contributed by atoms with E-state index in [4.69, 9.17) is 26.1 Å². The molecule has 7 aromatic rings. The van der Waals surface area contributed by atoms with Gasteiger partial charge in [0.05, 0.1) is 65.1 Å². The Bertz CT molecular complexity index is 3370. The highest BCUT2D eigenvalue weighted by Crippen LogP contribution is 2.40. The van der Waals surface area contributed by atoms with Gasteiger partial charge in [-0.3, -0.25) is 33.7 Å². The average Bonchev–Trinajstić information content (AvgIpc) is 4.27. The number of amides is 4. The van der Waals surface area contributed by atoms with Crippen LogP contribution in [0.5, 0.6) is 5.75 Å². The number of aromatic nitrogens is 5. The van der Waals surface area contributed by atoms with Gasteiger partial charge in [-0.25, -0.2) is 9.37 Å². The van der Waals surface area contributed by atoms with Gasteiger partial charge in [-0.15, -0.1) is 32.9 Å². The number of ether oxygens (including phenoxy) is 2. The number of carbonyl (C=O) groups is 4. The van der Waals surface area contributed by atoms with Crippen molar-refractivity contribution in [3.63, 3.8) is 0 Å². The normalized spacial score (nSPS) is 16.4. The minimum atomic E-state index is -1.02. The molecule has 9 rings (SSSR count). The number of pyridine rings is 1. The number of anilines is 1. The average molecular weight is 1120 g/mol. The van der Waals surface area contributed by atoms with E-state index < -0.39 is 53.2 Å². The summed E-state index contributed by atoms with van der Waals surface area (Å²) in [6, 6.07) is 20.6. The molecule has 0 bridgehead atoms. The molecule has 0 radical (unpaired) electrons. The molecule has 3 aromatic carbocycles. The summed E-state index contributed by atoms with van der Waals surface area (Å²) < 4.78 is 28.7. The zero-order valence-corrected chi connectivity index (χ0v) is 46.6. The number of β-amino-alcohol motifs (C(OH)–C–C–N with tert-alkyl or cyclic N) is 1. The second-order valence-electron chi connectivity index (χ2n) is 20.4. The Morgan fingerprint density at radius 3 is 2.35 bits per heavy atom. The lowest BCUT2D eigenvalue weighted by molar-refractivity contribution is -0.144. The minimum Gasteiger partial charge on any atom is -0.490 e. The van der Waals surface area contributed by atoms with Crippen molar-refractivity contribution in [2.75, 3.05) is 31.7 Å². The van der Waals surface area contributed by atoms with Crippen LogP contribution in [0.1, 0.15) is 90.5 Å². The first-order chi connectivity index (χ1) is 37.3. The number of rotatable bonds is 18. The number of hydrogen-bond donors (Lipinski definition) is 4. The third-order valence-corrected chi connectivity index (χ3v) is 16.1. The van der Waals surface area contributed by atoms with E-state index in [0.717, 1.165) is 54.0 Å². The molecule has 0 spiro atoms. The molecule has 4 atom stereocenters. The summed E-state index contributed by atoms with van der Waals surface area (Å²) in [6.45, 7) is 13.4. The maximum Gasteiger partial charge on any atom is 0.246 e. The van der Waals surface area contributed by atoms with Gasteiger partial charge in [-0.05, 0) is 92.3 Å². The summed E-state index contributed by atoms with van der Waals surface area (Å²) >= 11 is 9.45. The summed E-state index contributed by atoms with van der Waals surface area (Å²) in [4.78, 5) is 71.9. The molecule has 6 heterocycles. The quantitative estimate of drug-likeness (QED) is 0.0595. The van der Waals surface area contributed by atoms with Crippen molar-refractivity contribution < 1.29 is 38.1 Å². The predicted molar refractivity (Wildman–Crippen MR) is 299 cm³/mol. The third kappa shape index (κ3) is 12.5. The van der Waals surface area contributed by atoms with Gasteiger partial charge >= 0.3 is 0 Å². The van der Waals surface area contributed by atoms with Gasteiger partial charge in [0.25, 0.3) is 0 Å². The molecule has 17 nitrogen and oxygen atoms in total.